The average molecular weight is 367 g/mol. The number of nitriles is 1. The number of nitrogens with one attached hydrogen (secondary N) is 1. The Morgan fingerprint density at radius 3 is 2.70 bits per heavy atom. The monoisotopic (exact) mass is 367 g/mol. The van der Waals surface area contributed by atoms with Gasteiger partial charge >= 0.3 is 0 Å². The number of halogens is 1. The quantitative estimate of drug-likeness (QED) is 0.901. The number of pyridine rings is 1. The second-order valence-electron chi connectivity index (χ2n) is 6.97. The Morgan fingerprint density at radius 1 is 1.33 bits per heavy atom. The van der Waals surface area contributed by atoms with E-state index < -0.39 is 5.56 Å². The molecule has 0 unspecified atom stereocenters. The van der Waals surface area contributed by atoms with E-state index in [2.05, 4.69) is 4.98 Å². The lowest BCUT2D eigenvalue weighted by molar-refractivity contribution is -0.132. The van der Waals surface area contributed by atoms with Gasteiger partial charge in [0.15, 0.2) is 0 Å². The molecule has 2 aromatic rings. The highest BCUT2D eigenvalue weighted by Crippen LogP contribution is 2.32. The summed E-state index contributed by atoms with van der Waals surface area (Å²) < 4.78 is 13.2. The Hall–Kier alpha value is -2.94. The molecule has 0 bridgehead atoms. The molecule has 1 N–H and O–H groups in total. The number of carbonyl (C=O) groups excluding carboxylic acids is 1. The Balaban J connectivity index is 1.75. The third-order valence-corrected chi connectivity index (χ3v) is 5.34. The summed E-state index contributed by atoms with van der Waals surface area (Å²) in [5.41, 5.74) is 2.85. The number of aromatic nitrogens is 1. The zero-order valence-corrected chi connectivity index (χ0v) is 15.5. The van der Waals surface area contributed by atoms with Gasteiger partial charge in [-0.15, -0.1) is 0 Å². The molecule has 0 saturated carbocycles. The number of nitrogens with zero attached hydrogens (tertiary/aromatic N) is 2. The number of hydrogen-bond acceptors (Lipinski definition) is 3. The van der Waals surface area contributed by atoms with Crippen molar-refractivity contribution in [3.63, 3.8) is 0 Å². The minimum absolute atomic E-state index is 0.0226. The number of aryl methyl sites for hydroxylation is 1. The fraction of sp³-hybridized carbons (Fsp3) is 0.381. The van der Waals surface area contributed by atoms with Crippen LogP contribution in [-0.4, -0.2) is 22.3 Å². The van der Waals surface area contributed by atoms with Gasteiger partial charge < -0.3 is 9.88 Å². The maximum absolute atomic E-state index is 13.2. The zero-order valence-electron chi connectivity index (χ0n) is 15.5. The minimum Gasteiger partial charge on any atom is -0.336 e. The number of carbonyl (C=O) groups is 1. The van der Waals surface area contributed by atoms with Crippen LogP contribution in [0.15, 0.2) is 29.1 Å². The van der Waals surface area contributed by atoms with Crippen molar-refractivity contribution in [3.8, 4) is 6.07 Å². The first-order valence-electron chi connectivity index (χ1n) is 9.09. The highest BCUT2D eigenvalue weighted by atomic mass is 19.1. The van der Waals surface area contributed by atoms with Crippen molar-refractivity contribution in [2.24, 2.45) is 0 Å². The molecule has 1 aliphatic rings. The zero-order chi connectivity index (χ0) is 19.6. The molecule has 1 fully saturated rings. The van der Waals surface area contributed by atoms with Crippen LogP contribution in [0.1, 0.15) is 53.3 Å². The highest BCUT2D eigenvalue weighted by Gasteiger charge is 2.29. The lowest BCUT2D eigenvalue weighted by Crippen LogP contribution is -2.31. The van der Waals surface area contributed by atoms with Gasteiger partial charge in [-0.2, -0.15) is 5.26 Å². The summed E-state index contributed by atoms with van der Waals surface area (Å²) in [5, 5.41) is 9.17. The molecule has 1 saturated heterocycles. The number of likely N-dealkylation sites (tertiary alicyclic amines) is 1. The molecule has 1 atom stereocenters. The van der Waals surface area contributed by atoms with Crippen LogP contribution < -0.4 is 5.56 Å². The largest absolute Gasteiger partial charge is 0.336 e. The summed E-state index contributed by atoms with van der Waals surface area (Å²) in [6.07, 6.45) is 2.56. The first kappa shape index (κ1) is 18.8. The molecule has 2 heterocycles. The molecule has 27 heavy (non-hydrogen) atoms. The van der Waals surface area contributed by atoms with Crippen LogP contribution in [0.25, 0.3) is 0 Å². The molecule has 1 amide bonds. The minimum atomic E-state index is -0.390. The van der Waals surface area contributed by atoms with E-state index in [4.69, 9.17) is 0 Å². The molecule has 0 aliphatic carbocycles. The van der Waals surface area contributed by atoms with Crippen molar-refractivity contribution in [1.82, 2.24) is 9.88 Å². The lowest BCUT2D eigenvalue weighted by Gasteiger charge is -2.25. The summed E-state index contributed by atoms with van der Waals surface area (Å²) in [5.74, 6) is -0.253. The maximum atomic E-state index is 13.2. The predicted molar refractivity (Wildman–Crippen MR) is 99.7 cm³/mol. The Morgan fingerprint density at radius 2 is 2.04 bits per heavy atom. The fourth-order valence-corrected chi connectivity index (χ4v) is 3.89. The van der Waals surface area contributed by atoms with E-state index in [0.29, 0.717) is 30.6 Å². The van der Waals surface area contributed by atoms with Gasteiger partial charge in [0.1, 0.15) is 17.4 Å². The number of H-pyrrole nitrogens is 1. The molecule has 0 spiro atoms. The molecule has 140 valence electrons. The van der Waals surface area contributed by atoms with Crippen LogP contribution >= 0.6 is 0 Å². The van der Waals surface area contributed by atoms with Crippen molar-refractivity contribution < 1.29 is 9.18 Å². The van der Waals surface area contributed by atoms with Crippen molar-refractivity contribution in [1.29, 1.82) is 5.26 Å². The molecule has 5 nitrogen and oxygen atoms in total. The summed E-state index contributed by atoms with van der Waals surface area (Å²) in [6, 6.07) is 8.24. The fourth-order valence-electron chi connectivity index (χ4n) is 3.89. The van der Waals surface area contributed by atoms with E-state index in [0.717, 1.165) is 24.0 Å². The van der Waals surface area contributed by atoms with Crippen molar-refractivity contribution in [3.05, 3.63) is 68.4 Å². The maximum Gasteiger partial charge on any atom is 0.266 e. The molecule has 3 rings (SSSR count). The van der Waals surface area contributed by atoms with Crippen LogP contribution in [-0.2, 0) is 11.2 Å². The second kappa shape index (κ2) is 7.75. The molecular weight excluding hydrogens is 345 g/mol. The summed E-state index contributed by atoms with van der Waals surface area (Å²) in [7, 11) is 0. The highest BCUT2D eigenvalue weighted by molar-refractivity contribution is 5.77. The van der Waals surface area contributed by atoms with E-state index in [1.54, 1.807) is 26.0 Å². The van der Waals surface area contributed by atoms with Crippen LogP contribution in [0, 0.1) is 31.0 Å². The van der Waals surface area contributed by atoms with Crippen LogP contribution in [0.4, 0.5) is 4.39 Å². The number of hydrogen-bond donors (Lipinski definition) is 1. The topological polar surface area (TPSA) is 77.0 Å². The van der Waals surface area contributed by atoms with Gasteiger partial charge in [0.05, 0.1) is 6.04 Å². The van der Waals surface area contributed by atoms with Gasteiger partial charge in [-0.3, -0.25) is 9.59 Å². The van der Waals surface area contributed by atoms with Crippen LogP contribution in [0.2, 0.25) is 0 Å². The Bertz CT molecular complexity index is 957. The van der Waals surface area contributed by atoms with E-state index in [9.17, 15) is 19.2 Å². The smallest absolute Gasteiger partial charge is 0.266 e. The van der Waals surface area contributed by atoms with Crippen molar-refractivity contribution in [2.75, 3.05) is 6.54 Å². The van der Waals surface area contributed by atoms with Gasteiger partial charge in [-0.05, 0) is 61.9 Å². The van der Waals surface area contributed by atoms with E-state index in [-0.39, 0.29) is 23.3 Å². The van der Waals surface area contributed by atoms with Gasteiger partial charge in [0.25, 0.3) is 5.56 Å². The van der Waals surface area contributed by atoms with Gasteiger partial charge in [-0.1, -0.05) is 12.1 Å². The number of aromatic amines is 1. The first-order valence-corrected chi connectivity index (χ1v) is 9.09. The normalized spacial score (nSPS) is 16.4. The summed E-state index contributed by atoms with van der Waals surface area (Å²) >= 11 is 0. The van der Waals surface area contributed by atoms with Crippen molar-refractivity contribution in [2.45, 2.75) is 45.6 Å². The van der Waals surface area contributed by atoms with Gasteiger partial charge in [0, 0.05) is 18.7 Å². The molecule has 1 aromatic carbocycles. The molecule has 1 aromatic heterocycles. The lowest BCUT2D eigenvalue weighted by atomic mass is 9.98. The summed E-state index contributed by atoms with van der Waals surface area (Å²) in [4.78, 5) is 29.2. The van der Waals surface area contributed by atoms with Crippen LogP contribution in [0.3, 0.4) is 0 Å². The Labute approximate surface area is 157 Å². The summed E-state index contributed by atoms with van der Waals surface area (Å²) in [6.45, 7) is 4.22. The molecule has 1 aliphatic heterocycles. The van der Waals surface area contributed by atoms with Crippen LogP contribution in [0.5, 0.6) is 0 Å². The SMILES string of the molecule is Cc1[nH]c(=O)c(C#N)c(C)c1CCC(=O)N1CCC[C@@H]1c1ccc(F)cc1. The third kappa shape index (κ3) is 3.77. The molecule has 0 radical (unpaired) electrons. The average Bonchev–Trinajstić information content (AvgIpc) is 3.12. The van der Waals surface area contributed by atoms with E-state index in [1.165, 1.54) is 12.1 Å². The van der Waals surface area contributed by atoms with Gasteiger partial charge in [-0.25, -0.2) is 4.39 Å². The standard InChI is InChI=1S/C21H22FN3O2/c1-13-17(14(2)24-21(27)18(13)12-23)9-10-20(26)25-11-3-4-19(25)15-5-7-16(22)8-6-15/h5-8,19H,3-4,9-11H2,1-2H3,(H,24,27)/t19-/m1/s1. The third-order valence-electron chi connectivity index (χ3n) is 5.34. The number of rotatable bonds is 4. The van der Waals surface area contributed by atoms with E-state index in [1.807, 2.05) is 11.0 Å². The predicted octanol–water partition coefficient (Wildman–Crippen LogP) is 3.30. The van der Waals surface area contributed by atoms with Crippen molar-refractivity contribution >= 4 is 5.91 Å². The van der Waals surface area contributed by atoms with E-state index >= 15 is 0 Å². The molecular formula is C21H22FN3O2. The first-order chi connectivity index (χ1) is 12.9. The molecule has 6 heteroatoms. The number of amides is 1. The second-order valence-corrected chi connectivity index (χ2v) is 6.97. The Kier molecular flexibility index (Phi) is 5.41. The van der Waals surface area contributed by atoms with Gasteiger partial charge in [0.2, 0.25) is 5.91 Å². The number of benzene rings is 1.